The molecule has 0 aliphatic carbocycles. The van der Waals surface area contributed by atoms with Crippen LogP contribution >= 0.6 is 0 Å². The van der Waals surface area contributed by atoms with E-state index < -0.39 is 99.3 Å². The predicted octanol–water partition coefficient (Wildman–Crippen LogP) is 10.1. The van der Waals surface area contributed by atoms with Crippen LogP contribution in [0.15, 0.2) is 67.3 Å². The number of hydrogen-bond donors (Lipinski definition) is 0. The van der Waals surface area contributed by atoms with Crippen molar-refractivity contribution in [3.8, 4) is 39.5 Å². The van der Waals surface area contributed by atoms with E-state index in [-0.39, 0.29) is 24.1 Å². The molecule has 4 rings (SSSR count). The summed E-state index contributed by atoms with van der Waals surface area (Å²) in [4.78, 5) is 0. The van der Waals surface area contributed by atoms with Crippen molar-refractivity contribution in [1.82, 2.24) is 0 Å². The Kier molecular flexibility index (Phi) is 9.82. The van der Waals surface area contributed by atoms with Crippen LogP contribution < -0.4 is 14.2 Å². The molecule has 0 aliphatic rings. The molecule has 0 unspecified atom stereocenters. The molecule has 4 aromatic rings. The zero-order chi connectivity index (χ0) is 34.0. The van der Waals surface area contributed by atoms with Crippen molar-refractivity contribution >= 4 is 0 Å². The Bertz CT molecular complexity index is 1700. The summed E-state index contributed by atoms with van der Waals surface area (Å²) >= 11 is 0. The third-order valence-corrected chi connectivity index (χ3v) is 6.14. The van der Waals surface area contributed by atoms with Crippen LogP contribution in [-0.4, -0.2) is 19.1 Å². The molecule has 0 atom stereocenters. The van der Waals surface area contributed by atoms with Gasteiger partial charge in [-0.2, -0.15) is 8.78 Å². The number of ether oxygens (including phenoxy) is 3. The van der Waals surface area contributed by atoms with Gasteiger partial charge in [0.2, 0.25) is 5.75 Å². The summed E-state index contributed by atoms with van der Waals surface area (Å²) in [6.07, 6.45) is -7.68. The van der Waals surface area contributed by atoms with Gasteiger partial charge in [0.15, 0.2) is 29.8 Å². The van der Waals surface area contributed by atoms with Gasteiger partial charge in [-0.25, -0.2) is 30.7 Å². The molecule has 0 saturated carbocycles. The number of hydrogen-bond acceptors (Lipinski definition) is 3. The molecule has 0 amide bonds. The standard InChI is InChI=1S/C31H18F12O3/c1-2-3-4-15-7-20(33)28(21(34)8-15)17-10-22(35)27(23(36)11-17)16-5-6-26(19(32)9-16)44-14-30(39,40)45-18-12-24(37)29(25(38)13-18)46-31(41,42)43/h2,5-13H,1,3-4,14H2. The Hall–Kier alpha value is -4.82. The number of alkyl halides is 5. The van der Waals surface area contributed by atoms with Crippen molar-refractivity contribution in [3.05, 3.63) is 114 Å². The van der Waals surface area contributed by atoms with Crippen LogP contribution in [0.1, 0.15) is 12.0 Å². The van der Waals surface area contributed by atoms with Crippen LogP contribution in [-0.2, 0) is 6.42 Å². The molecule has 0 aromatic heterocycles. The molecule has 0 saturated heterocycles. The zero-order valence-electron chi connectivity index (χ0n) is 22.9. The second-order valence-corrected chi connectivity index (χ2v) is 9.51. The van der Waals surface area contributed by atoms with Crippen LogP contribution in [0.3, 0.4) is 0 Å². The Labute approximate surface area is 252 Å². The van der Waals surface area contributed by atoms with Gasteiger partial charge in [-0.1, -0.05) is 12.1 Å². The normalized spacial score (nSPS) is 11.8. The molecule has 4 aromatic carbocycles. The first-order valence-corrected chi connectivity index (χ1v) is 12.8. The number of halogens is 12. The first-order valence-electron chi connectivity index (χ1n) is 12.8. The largest absolute Gasteiger partial charge is 0.573 e. The second-order valence-electron chi connectivity index (χ2n) is 9.51. The van der Waals surface area contributed by atoms with Gasteiger partial charge in [-0.05, 0) is 65.9 Å². The van der Waals surface area contributed by atoms with Gasteiger partial charge in [0.05, 0.1) is 11.1 Å². The molecular weight excluding hydrogens is 648 g/mol. The monoisotopic (exact) mass is 666 g/mol. The van der Waals surface area contributed by atoms with E-state index in [1.807, 2.05) is 0 Å². The van der Waals surface area contributed by atoms with Crippen LogP contribution in [0.2, 0.25) is 0 Å². The van der Waals surface area contributed by atoms with Crippen LogP contribution in [0, 0.1) is 40.7 Å². The molecular formula is C31H18F12O3. The SMILES string of the molecule is C=CCCc1cc(F)c(-c2cc(F)c(-c3ccc(OCC(F)(F)Oc4cc(F)c(OC(F)(F)F)c(F)c4)c(F)c3)c(F)c2)c(F)c1. The third-order valence-electron chi connectivity index (χ3n) is 6.14. The van der Waals surface area contributed by atoms with E-state index in [9.17, 15) is 43.9 Å². The van der Waals surface area contributed by atoms with E-state index in [0.29, 0.717) is 30.7 Å². The second kappa shape index (κ2) is 13.3. The lowest BCUT2D eigenvalue weighted by Gasteiger charge is -2.19. The smallest absolute Gasteiger partial charge is 0.480 e. The highest BCUT2D eigenvalue weighted by atomic mass is 19.4. The van der Waals surface area contributed by atoms with Crippen molar-refractivity contribution in [3.63, 3.8) is 0 Å². The maximum atomic E-state index is 15.0. The fraction of sp³-hybridized carbons (Fsp3) is 0.161. The highest BCUT2D eigenvalue weighted by Gasteiger charge is 2.37. The molecule has 0 heterocycles. The van der Waals surface area contributed by atoms with Crippen molar-refractivity contribution in [2.45, 2.75) is 25.3 Å². The van der Waals surface area contributed by atoms with Gasteiger partial charge >= 0.3 is 12.5 Å². The van der Waals surface area contributed by atoms with Gasteiger partial charge in [-0.3, -0.25) is 0 Å². The summed E-state index contributed by atoms with van der Waals surface area (Å²) in [6.45, 7) is 1.71. The molecule has 0 N–H and O–H groups in total. The van der Waals surface area contributed by atoms with Crippen molar-refractivity contribution in [2.75, 3.05) is 6.61 Å². The van der Waals surface area contributed by atoms with E-state index in [1.54, 1.807) is 0 Å². The Morgan fingerprint density at radius 2 is 1.13 bits per heavy atom. The molecule has 46 heavy (non-hydrogen) atoms. The quantitative estimate of drug-likeness (QED) is 0.118. The van der Waals surface area contributed by atoms with Gasteiger partial charge in [0, 0.05) is 12.1 Å². The number of benzene rings is 4. The average molecular weight is 666 g/mol. The average Bonchev–Trinajstić information content (AvgIpc) is 2.92. The predicted molar refractivity (Wildman–Crippen MR) is 140 cm³/mol. The fourth-order valence-corrected chi connectivity index (χ4v) is 4.25. The molecule has 15 heteroatoms. The summed E-state index contributed by atoms with van der Waals surface area (Å²) in [5.41, 5.74) is -2.19. The van der Waals surface area contributed by atoms with E-state index in [1.165, 1.54) is 6.08 Å². The zero-order valence-corrected chi connectivity index (χ0v) is 22.9. The summed E-state index contributed by atoms with van der Waals surface area (Å²) in [7, 11) is 0. The topological polar surface area (TPSA) is 27.7 Å². The first kappa shape index (κ1) is 34.1. The van der Waals surface area contributed by atoms with Crippen LogP contribution in [0.5, 0.6) is 17.2 Å². The Morgan fingerprint density at radius 1 is 0.609 bits per heavy atom. The molecule has 0 fully saturated rings. The summed E-state index contributed by atoms with van der Waals surface area (Å²) in [6, 6.07) is 5.30. The van der Waals surface area contributed by atoms with E-state index in [4.69, 9.17) is 0 Å². The molecule has 244 valence electrons. The lowest BCUT2D eigenvalue weighted by molar-refractivity contribution is -0.276. The maximum absolute atomic E-state index is 15.0. The van der Waals surface area contributed by atoms with E-state index >= 15 is 8.78 Å². The molecule has 0 spiro atoms. The minimum Gasteiger partial charge on any atom is -0.480 e. The third kappa shape index (κ3) is 8.06. The van der Waals surface area contributed by atoms with Gasteiger partial charge in [-0.15, -0.1) is 19.8 Å². The Morgan fingerprint density at radius 3 is 1.65 bits per heavy atom. The minimum atomic E-state index is -5.49. The number of rotatable bonds is 11. The lowest BCUT2D eigenvalue weighted by Crippen LogP contribution is -2.32. The van der Waals surface area contributed by atoms with Gasteiger partial charge < -0.3 is 14.2 Å². The highest BCUT2D eigenvalue weighted by Crippen LogP contribution is 2.37. The van der Waals surface area contributed by atoms with Crippen LogP contribution in [0.25, 0.3) is 22.3 Å². The van der Waals surface area contributed by atoms with Crippen molar-refractivity contribution in [2.24, 2.45) is 0 Å². The number of aryl methyl sites for hydroxylation is 1. The lowest BCUT2D eigenvalue weighted by atomic mass is 9.96. The molecule has 0 bridgehead atoms. The molecule has 0 radical (unpaired) electrons. The fourth-order valence-electron chi connectivity index (χ4n) is 4.25. The van der Waals surface area contributed by atoms with E-state index in [0.717, 1.165) is 18.2 Å². The highest BCUT2D eigenvalue weighted by molar-refractivity contribution is 5.73. The molecule has 0 aliphatic heterocycles. The van der Waals surface area contributed by atoms with Gasteiger partial charge in [0.25, 0.3) is 0 Å². The van der Waals surface area contributed by atoms with Crippen molar-refractivity contribution < 1.29 is 66.9 Å². The Balaban J connectivity index is 1.50. The van der Waals surface area contributed by atoms with Crippen molar-refractivity contribution in [1.29, 1.82) is 0 Å². The van der Waals surface area contributed by atoms with E-state index in [2.05, 4.69) is 20.8 Å². The maximum Gasteiger partial charge on any atom is 0.573 e. The minimum absolute atomic E-state index is 0.0238. The summed E-state index contributed by atoms with van der Waals surface area (Å²) < 4.78 is 179. The van der Waals surface area contributed by atoms with Gasteiger partial charge in [0.1, 0.15) is 29.0 Å². The van der Waals surface area contributed by atoms with Crippen LogP contribution in [0.4, 0.5) is 52.7 Å². The summed E-state index contributed by atoms with van der Waals surface area (Å²) in [5, 5.41) is 0. The summed E-state index contributed by atoms with van der Waals surface area (Å²) in [5.74, 6) is -14.4. The molecule has 3 nitrogen and oxygen atoms in total. The number of allylic oxidation sites excluding steroid dienone is 1. The first-order chi connectivity index (χ1) is 21.5.